The first-order valence-corrected chi connectivity index (χ1v) is 9.17. The van der Waals surface area contributed by atoms with Crippen molar-refractivity contribution < 1.29 is 19.1 Å². The Morgan fingerprint density at radius 2 is 1.81 bits per heavy atom. The number of carbonyl (C=O) groups excluding carboxylic acids is 2. The highest BCUT2D eigenvalue weighted by Crippen LogP contribution is 2.30. The first-order chi connectivity index (χ1) is 13.2. The number of benzene rings is 2. The monoisotopic (exact) mass is 366 g/mol. The molecule has 2 amide bonds. The molecule has 1 N–H and O–H groups in total. The van der Waals surface area contributed by atoms with Crippen LogP contribution in [0.4, 0.5) is 0 Å². The average molecular weight is 366 g/mol. The van der Waals surface area contributed by atoms with Crippen LogP contribution in [0.5, 0.6) is 11.5 Å². The number of hydrogen-bond acceptors (Lipinski definition) is 4. The van der Waals surface area contributed by atoms with Gasteiger partial charge in [-0.1, -0.05) is 42.5 Å². The van der Waals surface area contributed by atoms with Gasteiger partial charge in [0.25, 0.3) is 0 Å². The summed E-state index contributed by atoms with van der Waals surface area (Å²) in [6, 6.07) is 17.3. The molecule has 2 aromatic rings. The second kappa shape index (κ2) is 7.70. The van der Waals surface area contributed by atoms with Crippen LogP contribution < -0.4 is 14.8 Å². The van der Waals surface area contributed by atoms with Crippen LogP contribution in [0.2, 0.25) is 0 Å². The van der Waals surface area contributed by atoms with E-state index in [1.807, 2.05) is 54.6 Å². The molecule has 0 aliphatic carbocycles. The fraction of sp³-hybridized carbons (Fsp3) is 0.333. The lowest BCUT2D eigenvalue weighted by molar-refractivity contribution is -0.129. The van der Waals surface area contributed by atoms with Crippen LogP contribution in [-0.2, 0) is 16.1 Å². The Morgan fingerprint density at radius 3 is 2.63 bits per heavy atom. The van der Waals surface area contributed by atoms with Crippen LogP contribution in [0.3, 0.4) is 0 Å². The molecule has 2 aliphatic rings. The molecule has 1 fully saturated rings. The smallest absolute Gasteiger partial charge is 0.225 e. The lowest BCUT2D eigenvalue weighted by Gasteiger charge is -2.26. The molecule has 0 spiro atoms. The van der Waals surface area contributed by atoms with Gasteiger partial charge in [-0.15, -0.1) is 0 Å². The Hall–Kier alpha value is -3.02. The summed E-state index contributed by atoms with van der Waals surface area (Å²) in [6.07, 6.45) is 0.0187. The van der Waals surface area contributed by atoms with Gasteiger partial charge in [0.15, 0.2) is 11.5 Å². The molecule has 2 aliphatic heterocycles. The van der Waals surface area contributed by atoms with Crippen LogP contribution in [-0.4, -0.2) is 42.5 Å². The quantitative estimate of drug-likeness (QED) is 0.879. The third-order valence-corrected chi connectivity index (χ3v) is 4.87. The van der Waals surface area contributed by atoms with Crippen molar-refractivity contribution in [2.75, 3.05) is 19.7 Å². The Balaban J connectivity index is 1.27. The number of nitrogens with one attached hydrogen (secondary N) is 1. The maximum atomic E-state index is 12.5. The van der Waals surface area contributed by atoms with Crippen molar-refractivity contribution in [2.24, 2.45) is 5.92 Å². The van der Waals surface area contributed by atoms with E-state index in [1.54, 1.807) is 4.90 Å². The number of amides is 2. The van der Waals surface area contributed by atoms with E-state index in [4.69, 9.17) is 9.47 Å². The van der Waals surface area contributed by atoms with E-state index in [0.717, 1.165) is 11.3 Å². The molecule has 0 aromatic heterocycles. The second-order valence-corrected chi connectivity index (χ2v) is 6.90. The molecule has 0 saturated carbocycles. The van der Waals surface area contributed by atoms with Crippen LogP contribution >= 0.6 is 0 Å². The Bertz CT molecular complexity index is 824. The van der Waals surface area contributed by atoms with Gasteiger partial charge in [-0.05, 0) is 17.7 Å². The summed E-state index contributed by atoms with van der Waals surface area (Å²) in [5.41, 5.74) is 1.07. The van der Waals surface area contributed by atoms with Gasteiger partial charge >= 0.3 is 0 Å². The first kappa shape index (κ1) is 17.4. The lowest BCUT2D eigenvalue weighted by Crippen LogP contribution is -2.43. The topological polar surface area (TPSA) is 67.9 Å². The summed E-state index contributed by atoms with van der Waals surface area (Å²) in [5.74, 6) is 0.996. The number of nitrogens with zero attached hydrogens (tertiary/aromatic N) is 1. The zero-order chi connectivity index (χ0) is 18.6. The van der Waals surface area contributed by atoms with Crippen LogP contribution in [0.25, 0.3) is 0 Å². The van der Waals surface area contributed by atoms with Crippen molar-refractivity contribution in [3.8, 4) is 11.5 Å². The zero-order valence-corrected chi connectivity index (χ0v) is 15.0. The molecule has 6 nitrogen and oxygen atoms in total. The van der Waals surface area contributed by atoms with Gasteiger partial charge in [-0.25, -0.2) is 0 Å². The lowest BCUT2D eigenvalue weighted by atomic mass is 10.1. The predicted molar refractivity (Wildman–Crippen MR) is 99.3 cm³/mol. The van der Waals surface area contributed by atoms with Gasteiger partial charge in [0.2, 0.25) is 11.8 Å². The first-order valence-electron chi connectivity index (χ1n) is 9.17. The Morgan fingerprint density at radius 1 is 1.07 bits per heavy atom. The second-order valence-electron chi connectivity index (χ2n) is 6.90. The molecule has 0 bridgehead atoms. The third kappa shape index (κ3) is 4.05. The van der Waals surface area contributed by atoms with E-state index in [1.165, 1.54) is 0 Å². The predicted octanol–water partition coefficient (Wildman–Crippen LogP) is 1.99. The molecule has 0 unspecified atom stereocenters. The van der Waals surface area contributed by atoms with Crippen molar-refractivity contribution in [3.05, 3.63) is 60.2 Å². The van der Waals surface area contributed by atoms with Gasteiger partial charge in [-0.2, -0.15) is 0 Å². The summed E-state index contributed by atoms with van der Waals surface area (Å²) < 4.78 is 11.5. The van der Waals surface area contributed by atoms with E-state index in [9.17, 15) is 9.59 Å². The highest BCUT2D eigenvalue weighted by molar-refractivity contribution is 5.89. The van der Waals surface area contributed by atoms with E-state index in [-0.39, 0.29) is 30.3 Å². The SMILES string of the molecule is O=C(NC[C@@H]1COc2ccccc2O1)[C@@H]1CC(=O)N(Cc2ccccc2)C1. The molecule has 140 valence electrons. The summed E-state index contributed by atoms with van der Waals surface area (Å²) in [4.78, 5) is 26.5. The van der Waals surface area contributed by atoms with Gasteiger partial charge in [0.05, 0.1) is 12.5 Å². The minimum absolute atomic E-state index is 0.0187. The molecule has 6 heteroatoms. The standard InChI is InChI=1S/C21H22N2O4/c24-20-10-16(13-23(20)12-15-6-2-1-3-7-15)21(25)22-11-17-14-26-18-8-4-5-9-19(18)27-17/h1-9,16-17H,10-14H2,(H,22,25)/t16-,17-/m1/s1. The van der Waals surface area contributed by atoms with Gasteiger partial charge in [0, 0.05) is 19.5 Å². The summed E-state index contributed by atoms with van der Waals surface area (Å²) in [7, 11) is 0. The van der Waals surface area contributed by atoms with E-state index < -0.39 is 0 Å². The van der Waals surface area contributed by atoms with E-state index in [0.29, 0.717) is 32.0 Å². The summed E-state index contributed by atoms with van der Waals surface area (Å²) in [6.45, 7) is 1.74. The highest BCUT2D eigenvalue weighted by atomic mass is 16.6. The summed E-state index contributed by atoms with van der Waals surface area (Å²) in [5, 5.41) is 2.91. The minimum Gasteiger partial charge on any atom is -0.486 e. The third-order valence-electron chi connectivity index (χ3n) is 4.87. The number of rotatable bonds is 5. The van der Waals surface area contributed by atoms with Crippen molar-refractivity contribution in [3.63, 3.8) is 0 Å². The number of para-hydroxylation sites is 2. The normalized spacial score (nSPS) is 21.2. The molecule has 1 saturated heterocycles. The van der Waals surface area contributed by atoms with Crippen molar-refractivity contribution >= 4 is 11.8 Å². The van der Waals surface area contributed by atoms with Gasteiger partial charge < -0.3 is 19.7 Å². The maximum Gasteiger partial charge on any atom is 0.225 e. The average Bonchev–Trinajstić information content (AvgIpc) is 3.07. The number of likely N-dealkylation sites (tertiary alicyclic amines) is 1. The van der Waals surface area contributed by atoms with Gasteiger partial charge in [0.1, 0.15) is 12.7 Å². The number of carbonyl (C=O) groups is 2. The molecule has 2 aromatic carbocycles. The molecule has 0 radical (unpaired) electrons. The number of ether oxygens (including phenoxy) is 2. The van der Waals surface area contributed by atoms with Crippen molar-refractivity contribution in [1.82, 2.24) is 10.2 Å². The number of hydrogen-bond donors (Lipinski definition) is 1. The fourth-order valence-corrected chi connectivity index (χ4v) is 3.43. The highest BCUT2D eigenvalue weighted by Gasteiger charge is 2.34. The largest absolute Gasteiger partial charge is 0.486 e. The summed E-state index contributed by atoms with van der Waals surface area (Å²) >= 11 is 0. The van der Waals surface area contributed by atoms with Gasteiger partial charge in [-0.3, -0.25) is 9.59 Å². The van der Waals surface area contributed by atoms with Crippen molar-refractivity contribution in [2.45, 2.75) is 19.1 Å². The molecular weight excluding hydrogens is 344 g/mol. The van der Waals surface area contributed by atoms with Crippen LogP contribution in [0, 0.1) is 5.92 Å². The van der Waals surface area contributed by atoms with E-state index >= 15 is 0 Å². The fourth-order valence-electron chi connectivity index (χ4n) is 3.43. The molecule has 2 atom stereocenters. The van der Waals surface area contributed by atoms with Crippen LogP contribution in [0.15, 0.2) is 54.6 Å². The minimum atomic E-state index is -0.321. The number of fused-ring (bicyclic) bond motifs is 1. The zero-order valence-electron chi connectivity index (χ0n) is 15.0. The Kier molecular flexibility index (Phi) is 4.96. The van der Waals surface area contributed by atoms with Crippen molar-refractivity contribution in [1.29, 1.82) is 0 Å². The molecule has 27 heavy (non-hydrogen) atoms. The molecule has 4 rings (SSSR count). The maximum absolute atomic E-state index is 12.5. The van der Waals surface area contributed by atoms with E-state index in [2.05, 4.69) is 5.32 Å². The Labute approximate surface area is 158 Å². The molecular formula is C21H22N2O4. The molecule has 2 heterocycles. The van der Waals surface area contributed by atoms with Crippen LogP contribution in [0.1, 0.15) is 12.0 Å².